The summed E-state index contributed by atoms with van der Waals surface area (Å²) in [5.41, 5.74) is 1.85. The third-order valence-corrected chi connectivity index (χ3v) is 3.34. The fraction of sp³-hybridized carbons (Fsp3) is 0.176. The predicted molar refractivity (Wildman–Crippen MR) is 85.1 cm³/mol. The maximum absolute atomic E-state index is 11.9. The van der Waals surface area contributed by atoms with Crippen LogP contribution in [0.1, 0.15) is 30.3 Å². The van der Waals surface area contributed by atoms with Crippen molar-refractivity contribution in [1.82, 2.24) is 15.3 Å². The Morgan fingerprint density at radius 2 is 2.14 bits per heavy atom. The highest BCUT2D eigenvalue weighted by Crippen LogP contribution is 2.15. The van der Waals surface area contributed by atoms with Crippen molar-refractivity contribution in [2.24, 2.45) is 0 Å². The third-order valence-electron chi connectivity index (χ3n) is 3.34. The second kappa shape index (κ2) is 5.89. The van der Waals surface area contributed by atoms with Gasteiger partial charge in [0.25, 0.3) is 0 Å². The summed E-state index contributed by atoms with van der Waals surface area (Å²) in [6.45, 7) is 3.75. The number of fused-ring (bicyclic) bond motifs is 1. The number of rotatable bonds is 4. The molecule has 1 unspecified atom stereocenters. The fourth-order valence-electron chi connectivity index (χ4n) is 2.21. The molecule has 0 aliphatic carbocycles. The zero-order valence-corrected chi connectivity index (χ0v) is 12.5. The molecule has 0 saturated heterocycles. The number of furan rings is 1. The van der Waals surface area contributed by atoms with Crippen molar-refractivity contribution >= 4 is 23.0 Å². The number of nitrogens with zero attached hydrogens (tertiary/aromatic N) is 1. The van der Waals surface area contributed by atoms with Crippen molar-refractivity contribution in [3.63, 3.8) is 0 Å². The normalized spacial score (nSPS) is 12.8. The van der Waals surface area contributed by atoms with E-state index in [1.165, 1.54) is 6.08 Å². The molecule has 5 heteroatoms. The molecule has 0 saturated carbocycles. The van der Waals surface area contributed by atoms with Gasteiger partial charge in [-0.05, 0) is 44.2 Å². The van der Waals surface area contributed by atoms with E-state index in [-0.39, 0.29) is 11.9 Å². The van der Waals surface area contributed by atoms with Gasteiger partial charge in [0, 0.05) is 6.08 Å². The molecule has 1 amide bonds. The highest BCUT2D eigenvalue weighted by atomic mass is 16.3. The molecule has 5 nitrogen and oxygen atoms in total. The summed E-state index contributed by atoms with van der Waals surface area (Å²) in [4.78, 5) is 19.6. The lowest BCUT2D eigenvalue weighted by atomic mass is 10.3. The minimum absolute atomic E-state index is 0.193. The molecule has 112 valence electrons. The van der Waals surface area contributed by atoms with Crippen molar-refractivity contribution < 1.29 is 9.21 Å². The Morgan fingerprint density at radius 1 is 1.32 bits per heavy atom. The number of para-hydroxylation sites is 2. The van der Waals surface area contributed by atoms with E-state index in [4.69, 9.17) is 4.42 Å². The van der Waals surface area contributed by atoms with Crippen LogP contribution in [0.4, 0.5) is 0 Å². The van der Waals surface area contributed by atoms with Crippen LogP contribution in [-0.4, -0.2) is 15.9 Å². The lowest BCUT2D eigenvalue weighted by Crippen LogP contribution is -2.25. The van der Waals surface area contributed by atoms with E-state index < -0.39 is 0 Å². The van der Waals surface area contributed by atoms with Crippen LogP contribution in [-0.2, 0) is 4.79 Å². The van der Waals surface area contributed by atoms with Gasteiger partial charge in [0.05, 0.1) is 17.1 Å². The molecule has 22 heavy (non-hydrogen) atoms. The van der Waals surface area contributed by atoms with E-state index in [9.17, 15) is 4.79 Å². The number of imidazole rings is 1. The van der Waals surface area contributed by atoms with E-state index in [0.717, 1.165) is 22.6 Å². The average Bonchev–Trinajstić information content (AvgIpc) is 3.11. The standard InChI is InChI=1S/C17H17N3O2/c1-11-7-8-13(22-11)9-10-16(21)18-12(2)17-19-14-5-3-4-6-15(14)20-17/h3-10,12H,1-2H3,(H,18,21)(H,19,20). The number of hydrogen-bond acceptors (Lipinski definition) is 3. The summed E-state index contributed by atoms with van der Waals surface area (Å²) in [5.74, 6) is 2.01. The van der Waals surface area contributed by atoms with Gasteiger partial charge in [-0.25, -0.2) is 4.98 Å². The van der Waals surface area contributed by atoms with Crippen molar-refractivity contribution in [2.75, 3.05) is 0 Å². The van der Waals surface area contributed by atoms with Crippen molar-refractivity contribution in [1.29, 1.82) is 0 Å². The molecule has 2 aromatic heterocycles. The van der Waals surface area contributed by atoms with E-state index in [1.54, 1.807) is 6.08 Å². The lowest BCUT2D eigenvalue weighted by Gasteiger charge is -2.08. The summed E-state index contributed by atoms with van der Waals surface area (Å²) in [7, 11) is 0. The molecule has 1 atom stereocenters. The molecular formula is C17H17N3O2. The number of nitrogens with one attached hydrogen (secondary N) is 2. The van der Waals surface area contributed by atoms with Crippen LogP contribution in [0.5, 0.6) is 0 Å². The Hall–Kier alpha value is -2.82. The van der Waals surface area contributed by atoms with Crippen molar-refractivity contribution in [2.45, 2.75) is 19.9 Å². The van der Waals surface area contributed by atoms with Crippen LogP contribution in [0.25, 0.3) is 17.1 Å². The molecule has 1 aromatic carbocycles. The van der Waals surface area contributed by atoms with Crippen LogP contribution in [0.2, 0.25) is 0 Å². The number of benzene rings is 1. The molecule has 3 rings (SSSR count). The average molecular weight is 295 g/mol. The van der Waals surface area contributed by atoms with Crippen molar-refractivity contribution in [3.05, 3.63) is 59.8 Å². The molecule has 0 bridgehead atoms. The summed E-state index contributed by atoms with van der Waals surface area (Å²) in [5, 5.41) is 2.87. The van der Waals surface area contributed by atoms with Gasteiger partial charge in [0.1, 0.15) is 17.3 Å². The molecule has 3 aromatic rings. The van der Waals surface area contributed by atoms with E-state index >= 15 is 0 Å². The molecule has 0 aliphatic heterocycles. The highest BCUT2D eigenvalue weighted by Gasteiger charge is 2.12. The molecule has 2 N–H and O–H groups in total. The molecular weight excluding hydrogens is 278 g/mol. The largest absolute Gasteiger partial charge is 0.462 e. The van der Waals surface area contributed by atoms with Crippen LogP contribution in [0, 0.1) is 6.92 Å². The van der Waals surface area contributed by atoms with Gasteiger partial charge < -0.3 is 14.7 Å². The Balaban J connectivity index is 1.66. The van der Waals surface area contributed by atoms with Gasteiger partial charge in [-0.2, -0.15) is 0 Å². The van der Waals surface area contributed by atoms with Crippen molar-refractivity contribution in [3.8, 4) is 0 Å². The minimum atomic E-state index is -0.206. The number of hydrogen-bond donors (Lipinski definition) is 2. The topological polar surface area (TPSA) is 70.9 Å². The number of amides is 1. The number of aromatic nitrogens is 2. The first-order valence-electron chi connectivity index (χ1n) is 7.11. The summed E-state index contributed by atoms with van der Waals surface area (Å²) < 4.78 is 5.38. The van der Waals surface area contributed by atoms with Gasteiger partial charge >= 0.3 is 0 Å². The third kappa shape index (κ3) is 3.09. The Labute approximate surface area is 128 Å². The maximum Gasteiger partial charge on any atom is 0.244 e. The molecule has 0 radical (unpaired) electrons. The second-order valence-corrected chi connectivity index (χ2v) is 5.15. The molecule has 0 fully saturated rings. The molecule has 0 spiro atoms. The highest BCUT2D eigenvalue weighted by molar-refractivity contribution is 5.91. The maximum atomic E-state index is 11.9. The minimum Gasteiger partial charge on any atom is -0.462 e. The van der Waals surface area contributed by atoms with E-state index in [0.29, 0.717) is 5.76 Å². The number of carbonyl (C=O) groups excluding carboxylic acids is 1. The van der Waals surface area contributed by atoms with Gasteiger partial charge in [-0.3, -0.25) is 4.79 Å². The molecule has 0 aliphatic rings. The zero-order valence-electron chi connectivity index (χ0n) is 12.5. The summed E-state index contributed by atoms with van der Waals surface area (Å²) in [6, 6.07) is 11.2. The van der Waals surface area contributed by atoms with E-state index in [1.807, 2.05) is 50.2 Å². The lowest BCUT2D eigenvalue weighted by molar-refractivity contribution is -0.117. The number of H-pyrrole nitrogens is 1. The summed E-state index contributed by atoms with van der Waals surface area (Å²) in [6.07, 6.45) is 3.10. The predicted octanol–water partition coefficient (Wildman–Crippen LogP) is 3.35. The van der Waals surface area contributed by atoms with Crippen LogP contribution >= 0.6 is 0 Å². The summed E-state index contributed by atoms with van der Waals surface area (Å²) >= 11 is 0. The second-order valence-electron chi connectivity index (χ2n) is 5.15. The quantitative estimate of drug-likeness (QED) is 0.725. The Kier molecular flexibility index (Phi) is 3.78. The first-order chi connectivity index (χ1) is 10.6. The number of aryl methyl sites for hydroxylation is 1. The number of aromatic amines is 1. The monoisotopic (exact) mass is 295 g/mol. The van der Waals surface area contributed by atoms with Crippen LogP contribution in [0.3, 0.4) is 0 Å². The van der Waals surface area contributed by atoms with Crippen LogP contribution < -0.4 is 5.32 Å². The Morgan fingerprint density at radius 3 is 2.86 bits per heavy atom. The van der Waals surface area contributed by atoms with Gasteiger partial charge in [-0.15, -0.1) is 0 Å². The van der Waals surface area contributed by atoms with E-state index in [2.05, 4.69) is 15.3 Å². The smallest absolute Gasteiger partial charge is 0.244 e. The first-order valence-corrected chi connectivity index (χ1v) is 7.11. The van der Waals surface area contributed by atoms with Crippen LogP contribution in [0.15, 0.2) is 46.9 Å². The fourth-order valence-corrected chi connectivity index (χ4v) is 2.21. The Bertz CT molecular complexity index is 796. The SMILES string of the molecule is Cc1ccc(C=CC(=O)NC(C)c2nc3ccccc3[nH]2)o1. The number of carbonyl (C=O) groups is 1. The molecule has 2 heterocycles. The van der Waals surface area contributed by atoms with Gasteiger partial charge in [0.2, 0.25) is 5.91 Å². The van der Waals surface area contributed by atoms with Gasteiger partial charge in [0.15, 0.2) is 0 Å². The first kappa shape index (κ1) is 14.1. The van der Waals surface area contributed by atoms with Gasteiger partial charge in [-0.1, -0.05) is 12.1 Å². The zero-order chi connectivity index (χ0) is 15.5.